The fourth-order valence-electron chi connectivity index (χ4n) is 3.12. The van der Waals surface area contributed by atoms with Crippen LogP contribution in [0.1, 0.15) is 25.7 Å². The van der Waals surface area contributed by atoms with Crippen molar-refractivity contribution in [2.75, 3.05) is 44.9 Å². The zero-order chi connectivity index (χ0) is 14.4. The second-order valence-corrected chi connectivity index (χ2v) is 7.36. The van der Waals surface area contributed by atoms with Crippen LogP contribution >= 0.6 is 24.0 Å². The van der Waals surface area contributed by atoms with E-state index in [-0.39, 0.29) is 5.60 Å². The number of thiocarbonyl (C=S) groups is 1. The maximum Gasteiger partial charge on any atom is 0.0795 e. The van der Waals surface area contributed by atoms with E-state index in [1.807, 2.05) is 11.8 Å². The highest BCUT2D eigenvalue weighted by molar-refractivity contribution is 7.99. The van der Waals surface area contributed by atoms with Crippen molar-refractivity contribution in [3.63, 3.8) is 0 Å². The Bertz CT molecular complexity index is 322. The van der Waals surface area contributed by atoms with Gasteiger partial charge in [0, 0.05) is 45.0 Å². The molecule has 2 N–H and O–H groups in total. The molecule has 2 rings (SSSR count). The van der Waals surface area contributed by atoms with Crippen molar-refractivity contribution in [1.29, 1.82) is 0 Å². The molecule has 0 saturated carbocycles. The van der Waals surface area contributed by atoms with Gasteiger partial charge in [-0.15, -0.1) is 0 Å². The molecule has 0 aromatic carbocycles. The summed E-state index contributed by atoms with van der Waals surface area (Å²) in [6.45, 7) is 3.53. The number of hydrogen-bond acceptors (Lipinski definition) is 5. The highest BCUT2D eigenvalue weighted by atomic mass is 32.2. The molecule has 2 atom stereocenters. The maximum atomic E-state index is 6.11. The van der Waals surface area contributed by atoms with E-state index in [9.17, 15) is 0 Å². The average molecular weight is 319 g/mol. The predicted octanol–water partition coefficient (Wildman–Crippen LogP) is 1.67. The largest absolute Gasteiger partial charge is 0.393 e. The first-order valence-electron chi connectivity index (χ1n) is 7.38. The number of nitrogens with two attached hydrogens (primary N) is 1. The second kappa shape index (κ2) is 7.94. The Hall–Kier alpha value is 0.120. The van der Waals surface area contributed by atoms with Gasteiger partial charge in [-0.1, -0.05) is 12.2 Å². The van der Waals surface area contributed by atoms with Crippen LogP contribution in [-0.4, -0.2) is 66.5 Å². The van der Waals surface area contributed by atoms with Crippen LogP contribution in [-0.2, 0) is 9.47 Å². The number of hydrogen-bond donors (Lipinski definition) is 1. The molecule has 6 heteroatoms. The molecule has 116 valence electrons. The van der Waals surface area contributed by atoms with Gasteiger partial charge in [0.2, 0.25) is 0 Å². The standard InChI is InChI=1S/C14H26N2O2S2/c1-17-8-6-16(5-2-13(15)19)12-3-7-18-14(10-12)4-9-20-11-14/h12H,2-11H2,1H3,(H2,15,19). The zero-order valence-corrected chi connectivity index (χ0v) is 13.9. The second-order valence-electron chi connectivity index (χ2n) is 5.73. The van der Waals surface area contributed by atoms with Crippen LogP contribution in [0.25, 0.3) is 0 Å². The smallest absolute Gasteiger partial charge is 0.0795 e. The Labute approximate surface area is 131 Å². The Morgan fingerprint density at radius 3 is 3.05 bits per heavy atom. The van der Waals surface area contributed by atoms with E-state index in [4.69, 9.17) is 27.4 Å². The first-order chi connectivity index (χ1) is 9.65. The zero-order valence-electron chi connectivity index (χ0n) is 12.3. The van der Waals surface area contributed by atoms with Crippen molar-refractivity contribution < 1.29 is 9.47 Å². The van der Waals surface area contributed by atoms with Crippen LogP contribution in [0.2, 0.25) is 0 Å². The van der Waals surface area contributed by atoms with Gasteiger partial charge >= 0.3 is 0 Å². The van der Waals surface area contributed by atoms with Crippen LogP contribution in [0, 0.1) is 0 Å². The van der Waals surface area contributed by atoms with Gasteiger partial charge in [0.05, 0.1) is 17.2 Å². The minimum atomic E-state index is 0.127. The molecular formula is C14H26N2O2S2. The fourth-order valence-corrected chi connectivity index (χ4v) is 4.59. The summed E-state index contributed by atoms with van der Waals surface area (Å²) in [6.07, 6.45) is 4.23. The minimum absolute atomic E-state index is 0.127. The van der Waals surface area contributed by atoms with E-state index in [1.54, 1.807) is 7.11 Å². The Balaban J connectivity index is 1.93. The summed E-state index contributed by atoms with van der Waals surface area (Å²) in [5, 5.41) is 0. The van der Waals surface area contributed by atoms with Crippen LogP contribution in [0.5, 0.6) is 0 Å². The van der Waals surface area contributed by atoms with Crippen molar-refractivity contribution in [1.82, 2.24) is 4.90 Å². The van der Waals surface area contributed by atoms with Gasteiger partial charge in [0.15, 0.2) is 0 Å². The van der Waals surface area contributed by atoms with E-state index in [1.165, 1.54) is 12.2 Å². The molecule has 2 unspecified atom stereocenters. The highest BCUT2D eigenvalue weighted by Gasteiger charge is 2.41. The van der Waals surface area contributed by atoms with E-state index in [0.29, 0.717) is 11.0 Å². The third-order valence-corrected chi connectivity index (χ3v) is 5.71. The molecule has 0 aliphatic carbocycles. The van der Waals surface area contributed by atoms with Crippen LogP contribution in [0.3, 0.4) is 0 Å². The minimum Gasteiger partial charge on any atom is -0.393 e. The molecule has 2 heterocycles. The number of thioether (sulfide) groups is 1. The van der Waals surface area contributed by atoms with E-state index in [2.05, 4.69) is 4.90 Å². The summed E-state index contributed by atoms with van der Waals surface area (Å²) >= 11 is 7.04. The van der Waals surface area contributed by atoms with E-state index < -0.39 is 0 Å². The van der Waals surface area contributed by atoms with Crippen molar-refractivity contribution in [3.05, 3.63) is 0 Å². The summed E-state index contributed by atoms with van der Waals surface area (Å²) in [5.74, 6) is 2.38. The SMILES string of the molecule is COCCN(CCC(N)=S)C1CCOC2(CCSC2)C1. The molecule has 2 saturated heterocycles. The van der Waals surface area contributed by atoms with Crippen LogP contribution < -0.4 is 5.73 Å². The van der Waals surface area contributed by atoms with Crippen molar-refractivity contribution >= 4 is 29.0 Å². The van der Waals surface area contributed by atoms with Gasteiger partial charge in [-0.05, 0) is 25.0 Å². The normalized spacial score (nSPS) is 30.2. The van der Waals surface area contributed by atoms with Gasteiger partial charge in [-0.2, -0.15) is 11.8 Å². The Morgan fingerprint density at radius 2 is 2.40 bits per heavy atom. The molecule has 0 radical (unpaired) electrons. The van der Waals surface area contributed by atoms with Gasteiger partial charge in [-0.25, -0.2) is 0 Å². The van der Waals surface area contributed by atoms with E-state index >= 15 is 0 Å². The van der Waals surface area contributed by atoms with Crippen LogP contribution in [0.15, 0.2) is 0 Å². The predicted molar refractivity (Wildman–Crippen MR) is 88.5 cm³/mol. The average Bonchev–Trinajstić information content (AvgIpc) is 2.86. The molecule has 4 nitrogen and oxygen atoms in total. The third-order valence-electron chi connectivity index (χ3n) is 4.28. The van der Waals surface area contributed by atoms with Crippen molar-refractivity contribution in [2.24, 2.45) is 5.73 Å². The summed E-state index contributed by atoms with van der Waals surface area (Å²) < 4.78 is 11.4. The molecule has 1 spiro atoms. The van der Waals surface area contributed by atoms with Crippen molar-refractivity contribution in [2.45, 2.75) is 37.3 Å². The lowest BCUT2D eigenvalue weighted by molar-refractivity contribution is -0.0908. The lowest BCUT2D eigenvalue weighted by Crippen LogP contribution is -2.50. The van der Waals surface area contributed by atoms with Gasteiger partial charge < -0.3 is 15.2 Å². The van der Waals surface area contributed by atoms with Gasteiger partial charge in [0.1, 0.15) is 0 Å². The number of methoxy groups -OCH3 is 1. The summed E-state index contributed by atoms with van der Waals surface area (Å²) in [4.78, 5) is 3.10. The number of rotatable bonds is 7. The summed E-state index contributed by atoms with van der Waals surface area (Å²) in [5.41, 5.74) is 5.79. The summed E-state index contributed by atoms with van der Waals surface area (Å²) in [7, 11) is 1.75. The Morgan fingerprint density at radius 1 is 1.55 bits per heavy atom. The lowest BCUT2D eigenvalue weighted by Gasteiger charge is -2.42. The number of nitrogens with zero attached hydrogens (tertiary/aromatic N) is 1. The van der Waals surface area contributed by atoms with Crippen LogP contribution in [0.4, 0.5) is 0 Å². The monoisotopic (exact) mass is 318 g/mol. The van der Waals surface area contributed by atoms with Gasteiger partial charge in [0.25, 0.3) is 0 Å². The van der Waals surface area contributed by atoms with Crippen molar-refractivity contribution in [3.8, 4) is 0 Å². The van der Waals surface area contributed by atoms with Gasteiger partial charge in [-0.3, -0.25) is 4.90 Å². The summed E-state index contributed by atoms with van der Waals surface area (Å²) in [6, 6.07) is 0.576. The number of ether oxygens (including phenoxy) is 2. The molecule has 20 heavy (non-hydrogen) atoms. The third kappa shape index (κ3) is 4.56. The molecule has 0 aromatic rings. The molecule has 2 fully saturated rings. The topological polar surface area (TPSA) is 47.7 Å². The molecule has 0 aromatic heterocycles. The maximum absolute atomic E-state index is 6.11. The molecule has 0 amide bonds. The quantitative estimate of drug-likeness (QED) is 0.721. The molecular weight excluding hydrogens is 292 g/mol. The Kier molecular flexibility index (Phi) is 6.55. The highest BCUT2D eigenvalue weighted by Crippen LogP contribution is 2.39. The first kappa shape index (κ1) is 16.5. The molecule has 2 aliphatic heterocycles. The first-order valence-corrected chi connectivity index (χ1v) is 8.94. The lowest BCUT2D eigenvalue weighted by atomic mass is 9.89. The fraction of sp³-hybridized carbons (Fsp3) is 0.929. The molecule has 2 aliphatic rings. The van der Waals surface area contributed by atoms with E-state index in [0.717, 1.165) is 51.3 Å². The molecule has 0 bridgehead atoms.